The van der Waals surface area contributed by atoms with Crippen LogP contribution in [0.5, 0.6) is 5.75 Å². The smallest absolute Gasteiger partial charge is 0.254 e. The van der Waals surface area contributed by atoms with Crippen LogP contribution in [-0.2, 0) is 13.0 Å². The first-order valence-electron chi connectivity index (χ1n) is 12.9. The number of carbonyl (C=O) groups is 1. The van der Waals surface area contributed by atoms with Crippen molar-refractivity contribution in [3.05, 3.63) is 58.4 Å². The largest absolute Gasteiger partial charge is 0.492 e. The van der Waals surface area contributed by atoms with Crippen LogP contribution in [0.3, 0.4) is 0 Å². The highest BCUT2D eigenvalue weighted by molar-refractivity contribution is 6.00. The molecular formula is C28H34FN3O2. The second-order valence-corrected chi connectivity index (χ2v) is 10.7. The molecule has 3 heterocycles. The van der Waals surface area contributed by atoms with E-state index in [0.717, 1.165) is 84.9 Å². The van der Waals surface area contributed by atoms with Crippen molar-refractivity contribution in [2.24, 2.45) is 5.92 Å². The maximum atomic E-state index is 13.7. The fourth-order valence-electron chi connectivity index (χ4n) is 6.04. The van der Waals surface area contributed by atoms with Gasteiger partial charge in [0.15, 0.2) is 0 Å². The number of ether oxygens (including phenoxy) is 1. The van der Waals surface area contributed by atoms with Gasteiger partial charge in [-0.15, -0.1) is 0 Å². The molecule has 2 atom stereocenters. The highest BCUT2D eigenvalue weighted by atomic mass is 19.1. The summed E-state index contributed by atoms with van der Waals surface area (Å²) in [6.07, 6.45) is 6.89. The molecule has 180 valence electrons. The number of hydrogen-bond acceptors (Lipinski definition) is 4. The lowest BCUT2D eigenvalue weighted by molar-refractivity contribution is 0.0810. The van der Waals surface area contributed by atoms with Gasteiger partial charge in [0.05, 0.1) is 5.56 Å². The monoisotopic (exact) mass is 463 g/mol. The third-order valence-corrected chi connectivity index (χ3v) is 8.14. The third-order valence-electron chi connectivity index (χ3n) is 8.14. The highest BCUT2D eigenvalue weighted by Gasteiger charge is 2.36. The number of anilines is 1. The molecule has 0 bridgehead atoms. The predicted octanol–water partition coefficient (Wildman–Crippen LogP) is 4.81. The van der Waals surface area contributed by atoms with Crippen LogP contribution in [0.25, 0.3) is 0 Å². The predicted molar refractivity (Wildman–Crippen MR) is 131 cm³/mol. The van der Waals surface area contributed by atoms with E-state index < -0.39 is 0 Å². The van der Waals surface area contributed by atoms with E-state index in [-0.39, 0.29) is 11.7 Å². The fraction of sp³-hybridized carbons (Fsp3) is 0.536. The van der Waals surface area contributed by atoms with Gasteiger partial charge in [-0.3, -0.25) is 9.69 Å². The molecule has 5 nitrogen and oxygen atoms in total. The van der Waals surface area contributed by atoms with Crippen molar-refractivity contribution in [2.75, 3.05) is 38.6 Å². The summed E-state index contributed by atoms with van der Waals surface area (Å²) in [5.74, 6) is 2.09. The number of benzene rings is 2. The number of unbranched alkanes of at least 4 members (excludes halogenated alkanes) is 1. The van der Waals surface area contributed by atoms with Gasteiger partial charge in [-0.25, -0.2) is 4.39 Å². The molecule has 0 spiro atoms. The number of fused-ring (bicyclic) bond motifs is 4. The summed E-state index contributed by atoms with van der Waals surface area (Å²) in [5.41, 5.74) is 5.35. The van der Waals surface area contributed by atoms with Gasteiger partial charge in [0, 0.05) is 49.9 Å². The Hall–Kier alpha value is -2.60. The van der Waals surface area contributed by atoms with Crippen LogP contribution in [0, 0.1) is 11.7 Å². The Labute approximate surface area is 201 Å². The lowest BCUT2D eigenvalue weighted by atomic mass is 9.93. The van der Waals surface area contributed by atoms with Gasteiger partial charge in [0.25, 0.3) is 5.91 Å². The van der Waals surface area contributed by atoms with Crippen molar-refractivity contribution in [1.82, 2.24) is 9.80 Å². The van der Waals surface area contributed by atoms with E-state index in [0.29, 0.717) is 25.1 Å². The van der Waals surface area contributed by atoms with E-state index in [9.17, 15) is 9.18 Å². The normalized spacial score (nSPS) is 22.9. The van der Waals surface area contributed by atoms with Crippen LogP contribution in [0.1, 0.15) is 65.1 Å². The molecule has 6 heteroatoms. The van der Waals surface area contributed by atoms with Gasteiger partial charge in [0.1, 0.15) is 18.2 Å². The topological polar surface area (TPSA) is 44.8 Å². The van der Waals surface area contributed by atoms with Crippen molar-refractivity contribution in [2.45, 2.75) is 57.0 Å². The molecule has 3 aliphatic heterocycles. The third kappa shape index (κ3) is 4.17. The Morgan fingerprint density at radius 2 is 2.09 bits per heavy atom. The molecule has 0 aromatic heterocycles. The molecule has 2 unspecified atom stereocenters. The number of nitrogens with zero attached hydrogens (tertiary/aromatic N) is 2. The number of hydrogen-bond donors (Lipinski definition) is 1. The van der Waals surface area contributed by atoms with Crippen LogP contribution in [0.2, 0.25) is 0 Å². The van der Waals surface area contributed by atoms with Gasteiger partial charge in [-0.2, -0.15) is 0 Å². The van der Waals surface area contributed by atoms with Gasteiger partial charge in [-0.05, 0) is 80.0 Å². The van der Waals surface area contributed by atoms with Crippen LogP contribution in [-0.4, -0.2) is 55.0 Å². The molecule has 6 rings (SSSR count). The number of nitrogens with one attached hydrogen (secondary N) is 1. The molecule has 0 saturated heterocycles. The standard InChI is InChI=1S/C28H34FN3O2/c1-31-16-20-7-10-26-24(27(20)28(31)33)13-22(17-34-26)32(15-18-5-6-18)11-3-2-4-19-14-30-25-9-8-21(29)12-23(19)25/h7-10,12,18-19,22,30H,2-6,11,13-17H2,1H3. The summed E-state index contributed by atoms with van der Waals surface area (Å²) < 4.78 is 19.9. The minimum Gasteiger partial charge on any atom is -0.492 e. The second kappa shape index (κ2) is 8.88. The molecule has 34 heavy (non-hydrogen) atoms. The number of amides is 1. The van der Waals surface area contributed by atoms with E-state index in [1.54, 1.807) is 11.0 Å². The van der Waals surface area contributed by atoms with E-state index in [1.165, 1.54) is 18.9 Å². The summed E-state index contributed by atoms with van der Waals surface area (Å²) in [7, 11) is 1.88. The van der Waals surface area contributed by atoms with Crippen molar-refractivity contribution < 1.29 is 13.9 Å². The van der Waals surface area contributed by atoms with Gasteiger partial charge >= 0.3 is 0 Å². The summed E-state index contributed by atoms with van der Waals surface area (Å²) in [6.45, 7) is 4.48. The average molecular weight is 464 g/mol. The first kappa shape index (κ1) is 21.9. The van der Waals surface area contributed by atoms with Crippen molar-refractivity contribution in [3.8, 4) is 5.75 Å². The lowest BCUT2D eigenvalue weighted by Crippen LogP contribution is -2.45. The summed E-state index contributed by atoms with van der Waals surface area (Å²) >= 11 is 0. The second-order valence-electron chi connectivity index (χ2n) is 10.7. The SMILES string of the molecule is CN1Cc2ccc3c(c2C1=O)CC(N(CCCCC1CNc2ccc(F)cc21)CC1CC1)CO3. The van der Waals surface area contributed by atoms with Crippen LogP contribution in [0.4, 0.5) is 10.1 Å². The first-order valence-corrected chi connectivity index (χ1v) is 12.9. The molecule has 2 aromatic carbocycles. The highest BCUT2D eigenvalue weighted by Crippen LogP contribution is 2.38. The molecule has 4 aliphatic rings. The maximum absolute atomic E-state index is 13.7. The maximum Gasteiger partial charge on any atom is 0.254 e. The van der Waals surface area contributed by atoms with Crippen molar-refractivity contribution in [3.63, 3.8) is 0 Å². The van der Waals surface area contributed by atoms with E-state index in [1.807, 2.05) is 13.1 Å². The molecule has 1 fully saturated rings. The molecule has 2 aromatic rings. The van der Waals surface area contributed by atoms with E-state index in [2.05, 4.69) is 22.3 Å². The Balaban J connectivity index is 1.10. The quantitative estimate of drug-likeness (QED) is 0.571. The Morgan fingerprint density at radius 1 is 1.21 bits per heavy atom. The lowest BCUT2D eigenvalue weighted by Gasteiger charge is -2.36. The molecule has 1 N–H and O–H groups in total. The zero-order valence-corrected chi connectivity index (χ0v) is 20.0. The Bertz CT molecular complexity index is 1100. The summed E-state index contributed by atoms with van der Waals surface area (Å²) in [5, 5.41) is 3.43. The van der Waals surface area contributed by atoms with Crippen molar-refractivity contribution in [1.29, 1.82) is 0 Å². The van der Waals surface area contributed by atoms with Crippen molar-refractivity contribution >= 4 is 11.6 Å². The summed E-state index contributed by atoms with van der Waals surface area (Å²) in [4.78, 5) is 17.2. The van der Waals surface area contributed by atoms with Gasteiger partial charge in [0.2, 0.25) is 0 Å². The molecule has 1 aliphatic carbocycles. The number of halogens is 1. The van der Waals surface area contributed by atoms with E-state index >= 15 is 0 Å². The number of rotatable bonds is 8. The zero-order chi connectivity index (χ0) is 23.2. The van der Waals surface area contributed by atoms with Crippen LogP contribution >= 0.6 is 0 Å². The molecule has 1 saturated carbocycles. The molecule has 1 amide bonds. The minimum absolute atomic E-state index is 0.131. The minimum atomic E-state index is -0.142. The first-order chi connectivity index (χ1) is 16.6. The Kier molecular flexibility index (Phi) is 5.72. The van der Waals surface area contributed by atoms with Crippen LogP contribution < -0.4 is 10.1 Å². The van der Waals surface area contributed by atoms with Crippen LogP contribution in [0.15, 0.2) is 30.3 Å². The summed E-state index contributed by atoms with van der Waals surface area (Å²) in [6, 6.07) is 9.53. The van der Waals surface area contributed by atoms with Gasteiger partial charge < -0.3 is 15.0 Å². The van der Waals surface area contributed by atoms with Gasteiger partial charge in [-0.1, -0.05) is 12.5 Å². The zero-order valence-electron chi connectivity index (χ0n) is 20.0. The molecule has 0 radical (unpaired) electrons. The average Bonchev–Trinajstić information content (AvgIpc) is 3.50. The Morgan fingerprint density at radius 3 is 2.94 bits per heavy atom. The number of carbonyl (C=O) groups excluding carboxylic acids is 1. The fourth-order valence-corrected chi connectivity index (χ4v) is 6.04. The molecular weight excluding hydrogens is 429 g/mol. The van der Waals surface area contributed by atoms with E-state index in [4.69, 9.17) is 4.74 Å².